The van der Waals surface area contributed by atoms with Gasteiger partial charge in [-0.1, -0.05) is 33.3 Å². The molecule has 0 atom stereocenters. The molecule has 1 aliphatic rings. The normalized spacial score (nSPS) is 15.8. The van der Waals surface area contributed by atoms with E-state index in [2.05, 4.69) is 26.2 Å². The Kier molecular flexibility index (Phi) is 2.63. The van der Waals surface area contributed by atoms with Crippen LogP contribution in [0.25, 0.3) is 11.3 Å². The Morgan fingerprint density at radius 3 is 2.82 bits per heavy atom. The number of anilines is 1. The first kappa shape index (κ1) is 10.8. The fourth-order valence-corrected chi connectivity index (χ4v) is 2.44. The molecule has 5 heteroatoms. The molecule has 1 fully saturated rings. The molecule has 88 valence electrons. The van der Waals surface area contributed by atoms with Crippen molar-refractivity contribution in [1.29, 1.82) is 0 Å². The number of nitrogens with two attached hydrogens (primary N) is 1. The SMILES string of the molecule is Nc1c(-c2cccc(Br)c2)nnn1C1CCC1. The third kappa shape index (κ3) is 1.84. The fourth-order valence-electron chi connectivity index (χ4n) is 2.04. The largest absolute Gasteiger partial charge is 0.382 e. The summed E-state index contributed by atoms with van der Waals surface area (Å²) in [7, 11) is 0. The number of benzene rings is 1. The van der Waals surface area contributed by atoms with Crippen LogP contribution in [0.3, 0.4) is 0 Å². The Bertz CT molecular complexity index is 545. The van der Waals surface area contributed by atoms with Crippen LogP contribution < -0.4 is 5.73 Å². The molecule has 17 heavy (non-hydrogen) atoms. The molecular formula is C12H13BrN4. The molecule has 4 nitrogen and oxygen atoms in total. The number of nitrogen functional groups attached to an aromatic ring is 1. The van der Waals surface area contributed by atoms with Crippen LogP contribution in [0.4, 0.5) is 5.82 Å². The van der Waals surface area contributed by atoms with Crippen molar-refractivity contribution in [1.82, 2.24) is 15.0 Å². The molecule has 0 amide bonds. The number of nitrogens with zero attached hydrogens (tertiary/aromatic N) is 3. The van der Waals surface area contributed by atoms with E-state index in [0.717, 1.165) is 28.6 Å². The van der Waals surface area contributed by atoms with Gasteiger partial charge in [0.05, 0.1) is 6.04 Å². The molecule has 1 aliphatic carbocycles. The van der Waals surface area contributed by atoms with Gasteiger partial charge in [0, 0.05) is 10.0 Å². The van der Waals surface area contributed by atoms with Crippen molar-refractivity contribution in [2.45, 2.75) is 25.3 Å². The van der Waals surface area contributed by atoms with Gasteiger partial charge < -0.3 is 5.73 Å². The van der Waals surface area contributed by atoms with E-state index in [9.17, 15) is 0 Å². The Morgan fingerprint density at radius 2 is 2.18 bits per heavy atom. The summed E-state index contributed by atoms with van der Waals surface area (Å²) < 4.78 is 2.88. The Balaban J connectivity index is 2.00. The maximum Gasteiger partial charge on any atom is 0.150 e. The minimum absolute atomic E-state index is 0.448. The zero-order chi connectivity index (χ0) is 11.8. The summed E-state index contributed by atoms with van der Waals surface area (Å²) in [6.45, 7) is 0. The van der Waals surface area contributed by atoms with E-state index in [4.69, 9.17) is 5.73 Å². The van der Waals surface area contributed by atoms with Gasteiger partial charge in [0.2, 0.25) is 0 Å². The van der Waals surface area contributed by atoms with Gasteiger partial charge in [-0.2, -0.15) is 0 Å². The van der Waals surface area contributed by atoms with E-state index in [1.165, 1.54) is 6.42 Å². The van der Waals surface area contributed by atoms with Gasteiger partial charge in [0.1, 0.15) is 5.69 Å². The molecule has 1 heterocycles. The van der Waals surface area contributed by atoms with E-state index in [1.54, 1.807) is 0 Å². The van der Waals surface area contributed by atoms with Crippen molar-refractivity contribution in [3.05, 3.63) is 28.7 Å². The van der Waals surface area contributed by atoms with Crippen LogP contribution in [0.1, 0.15) is 25.3 Å². The zero-order valence-electron chi connectivity index (χ0n) is 9.31. The van der Waals surface area contributed by atoms with E-state index < -0.39 is 0 Å². The van der Waals surface area contributed by atoms with E-state index in [1.807, 2.05) is 28.9 Å². The molecular weight excluding hydrogens is 280 g/mol. The number of aromatic nitrogens is 3. The first-order valence-electron chi connectivity index (χ1n) is 5.72. The average Bonchev–Trinajstić information content (AvgIpc) is 2.59. The summed E-state index contributed by atoms with van der Waals surface area (Å²) >= 11 is 3.45. The fraction of sp³-hybridized carbons (Fsp3) is 0.333. The molecule has 0 unspecified atom stereocenters. The highest BCUT2D eigenvalue weighted by molar-refractivity contribution is 9.10. The lowest BCUT2D eigenvalue weighted by atomic mass is 9.93. The molecule has 0 bridgehead atoms. The highest BCUT2D eigenvalue weighted by Crippen LogP contribution is 2.35. The minimum atomic E-state index is 0.448. The Morgan fingerprint density at radius 1 is 1.35 bits per heavy atom. The molecule has 0 aliphatic heterocycles. The summed E-state index contributed by atoms with van der Waals surface area (Å²) in [6.07, 6.45) is 3.58. The van der Waals surface area contributed by atoms with Crippen LogP contribution in [0.5, 0.6) is 0 Å². The topological polar surface area (TPSA) is 56.7 Å². The van der Waals surface area contributed by atoms with E-state index >= 15 is 0 Å². The molecule has 1 aromatic heterocycles. The van der Waals surface area contributed by atoms with Gasteiger partial charge in [-0.15, -0.1) is 5.10 Å². The van der Waals surface area contributed by atoms with Crippen molar-refractivity contribution in [2.75, 3.05) is 5.73 Å². The van der Waals surface area contributed by atoms with Crippen LogP contribution in [0.15, 0.2) is 28.7 Å². The van der Waals surface area contributed by atoms with Crippen LogP contribution >= 0.6 is 15.9 Å². The number of halogens is 1. The predicted molar refractivity (Wildman–Crippen MR) is 70.5 cm³/mol. The summed E-state index contributed by atoms with van der Waals surface area (Å²) in [4.78, 5) is 0. The first-order chi connectivity index (χ1) is 8.25. The summed E-state index contributed by atoms with van der Waals surface area (Å²) in [6, 6.07) is 8.40. The summed E-state index contributed by atoms with van der Waals surface area (Å²) in [5, 5.41) is 8.37. The predicted octanol–water partition coefficient (Wildman–Crippen LogP) is 3.01. The quantitative estimate of drug-likeness (QED) is 0.926. The van der Waals surface area contributed by atoms with Crippen molar-refractivity contribution in [2.24, 2.45) is 0 Å². The minimum Gasteiger partial charge on any atom is -0.382 e. The molecule has 1 saturated carbocycles. The molecule has 0 radical (unpaired) electrons. The third-order valence-corrected chi connectivity index (χ3v) is 3.74. The molecule has 0 saturated heterocycles. The smallest absolute Gasteiger partial charge is 0.150 e. The van der Waals surface area contributed by atoms with Crippen LogP contribution in [-0.4, -0.2) is 15.0 Å². The van der Waals surface area contributed by atoms with Crippen molar-refractivity contribution >= 4 is 21.7 Å². The number of rotatable bonds is 2. The summed E-state index contributed by atoms with van der Waals surface area (Å²) in [5.74, 6) is 0.674. The van der Waals surface area contributed by atoms with Gasteiger partial charge in [0.15, 0.2) is 5.82 Å². The lowest BCUT2D eigenvalue weighted by Gasteiger charge is -2.25. The monoisotopic (exact) mass is 292 g/mol. The van der Waals surface area contributed by atoms with Gasteiger partial charge in [-0.25, -0.2) is 4.68 Å². The van der Waals surface area contributed by atoms with Gasteiger partial charge in [-0.3, -0.25) is 0 Å². The lowest BCUT2D eigenvalue weighted by Crippen LogP contribution is -2.19. The van der Waals surface area contributed by atoms with E-state index in [0.29, 0.717) is 11.9 Å². The molecule has 1 aromatic carbocycles. The second-order valence-corrected chi connectivity index (χ2v) is 5.28. The van der Waals surface area contributed by atoms with E-state index in [-0.39, 0.29) is 0 Å². The van der Waals surface area contributed by atoms with Gasteiger partial charge >= 0.3 is 0 Å². The average molecular weight is 293 g/mol. The molecule has 2 N–H and O–H groups in total. The van der Waals surface area contributed by atoms with Crippen molar-refractivity contribution < 1.29 is 0 Å². The van der Waals surface area contributed by atoms with Gasteiger partial charge in [-0.05, 0) is 31.4 Å². The lowest BCUT2D eigenvalue weighted by molar-refractivity contribution is 0.288. The Hall–Kier alpha value is -1.36. The Labute approximate surface area is 108 Å². The molecule has 3 rings (SSSR count). The standard InChI is InChI=1S/C12H13BrN4/c13-9-4-1-3-8(7-9)11-12(14)17(16-15-11)10-5-2-6-10/h1,3-4,7,10H,2,5-6,14H2. The van der Waals surface area contributed by atoms with Crippen LogP contribution in [-0.2, 0) is 0 Å². The first-order valence-corrected chi connectivity index (χ1v) is 6.51. The number of hydrogen-bond acceptors (Lipinski definition) is 3. The zero-order valence-corrected chi connectivity index (χ0v) is 10.9. The number of hydrogen-bond donors (Lipinski definition) is 1. The highest BCUT2D eigenvalue weighted by atomic mass is 79.9. The van der Waals surface area contributed by atoms with Crippen LogP contribution in [0.2, 0.25) is 0 Å². The second kappa shape index (κ2) is 4.14. The highest BCUT2D eigenvalue weighted by Gasteiger charge is 2.24. The van der Waals surface area contributed by atoms with Crippen molar-refractivity contribution in [3.8, 4) is 11.3 Å². The maximum atomic E-state index is 6.12. The summed E-state index contributed by atoms with van der Waals surface area (Å²) in [5.41, 5.74) is 7.90. The third-order valence-electron chi connectivity index (χ3n) is 3.25. The molecule has 2 aromatic rings. The van der Waals surface area contributed by atoms with Gasteiger partial charge in [0.25, 0.3) is 0 Å². The maximum absolute atomic E-state index is 6.12. The molecule has 0 spiro atoms. The van der Waals surface area contributed by atoms with Crippen LogP contribution in [0, 0.1) is 0 Å². The van der Waals surface area contributed by atoms with Crippen molar-refractivity contribution in [3.63, 3.8) is 0 Å². The second-order valence-electron chi connectivity index (χ2n) is 4.36.